The smallest absolute Gasteiger partial charge is 0.137 e. The molecule has 2 N–H and O–H groups in total. The lowest BCUT2D eigenvalue weighted by atomic mass is 9.98. The van der Waals surface area contributed by atoms with Gasteiger partial charge >= 0.3 is 0 Å². The van der Waals surface area contributed by atoms with Crippen LogP contribution >= 0.6 is 22.7 Å². The number of pyridine rings is 1. The molecule has 0 spiro atoms. The van der Waals surface area contributed by atoms with Gasteiger partial charge in [-0.1, -0.05) is 82.3 Å². The molecule has 0 aliphatic carbocycles. The van der Waals surface area contributed by atoms with Crippen molar-refractivity contribution in [3.05, 3.63) is 88.6 Å². The van der Waals surface area contributed by atoms with Gasteiger partial charge in [-0.2, -0.15) is 0 Å². The van der Waals surface area contributed by atoms with Crippen LogP contribution < -0.4 is 0 Å². The first-order valence-electron chi connectivity index (χ1n) is 13.1. The van der Waals surface area contributed by atoms with Crippen LogP contribution in [0.2, 0.25) is 0 Å². The Hall–Kier alpha value is -3.41. The molecule has 5 aromatic rings. The Labute approximate surface area is 233 Å². The van der Waals surface area contributed by atoms with E-state index >= 15 is 0 Å². The van der Waals surface area contributed by atoms with Gasteiger partial charge < -0.3 is 10.2 Å². The third-order valence-electron chi connectivity index (χ3n) is 6.58. The molecule has 0 bridgehead atoms. The van der Waals surface area contributed by atoms with Crippen molar-refractivity contribution in [1.82, 2.24) is 4.98 Å². The molecule has 3 heterocycles. The van der Waals surface area contributed by atoms with Crippen molar-refractivity contribution in [3.63, 3.8) is 0 Å². The second-order valence-electron chi connectivity index (χ2n) is 10.6. The Bertz CT molecular complexity index is 1450. The highest BCUT2D eigenvalue weighted by atomic mass is 32.1. The fraction of sp³-hybridized carbons (Fsp3) is 0.242. The van der Waals surface area contributed by atoms with Crippen molar-refractivity contribution in [1.29, 1.82) is 0 Å². The summed E-state index contributed by atoms with van der Waals surface area (Å²) in [5.74, 6) is 1.70. The average Bonchev–Trinajstić information content (AvgIpc) is 3.45. The van der Waals surface area contributed by atoms with Crippen molar-refractivity contribution >= 4 is 22.7 Å². The summed E-state index contributed by atoms with van der Waals surface area (Å²) in [6.07, 6.45) is 1.70. The molecule has 5 heteroatoms. The number of nitrogens with zero attached hydrogens (tertiary/aromatic N) is 1. The summed E-state index contributed by atoms with van der Waals surface area (Å²) in [5, 5.41) is 26.2. The van der Waals surface area contributed by atoms with Gasteiger partial charge in [0.05, 0.1) is 21.1 Å². The molecule has 0 fully saturated rings. The van der Waals surface area contributed by atoms with E-state index in [1.165, 1.54) is 0 Å². The molecule has 3 nitrogen and oxygen atoms in total. The lowest BCUT2D eigenvalue weighted by molar-refractivity contribution is 0.467. The van der Waals surface area contributed by atoms with Crippen molar-refractivity contribution in [2.75, 3.05) is 0 Å². The monoisotopic (exact) mass is 539 g/mol. The van der Waals surface area contributed by atoms with E-state index in [0.717, 1.165) is 67.4 Å². The Morgan fingerprint density at radius 2 is 0.974 bits per heavy atom. The summed E-state index contributed by atoms with van der Waals surface area (Å²) >= 11 is 3.17. The standard InChI is InChI=1S/C33H33NO2S2/c1-20(2)16-22-18-37-32(30(22)35)26-12-7-5-10-24(26)28-14-9-15-29(34-28)25-11-6-8-13-27(25)33-31(36)23(19-38-33)17-21(3)4/h5-15,18-21,35-36H,16-17H2,1-4H3. The van der Waals surface area contributed by atoms with E-state index in [1.54, 1.807) is 22.7 Å². The Morgan fingerprint density at radius 3 is 1.37 bits per heavy atom. The Kier molecular flexibility index (Phi) is 7.68. The number of aromatic hydroxyl groups is 2. The molecule has 0 radical (unpaired) electrons. The van der Waals surface area contributed by atoms with Gasteiger partial charge in [0.2, 0.25) is 0 Å². The van der Waals surface area contributed by atoms with E-state index in [1.807, 2.05) is 42.5 Å². The summed E-state index contributed by atoms with van der Waals surface area (Å²) < 4.78 is 0. The molecule has 0 amide bonds. The largest absolute Gasteiger partial charge is 0.506 e. The quantitative estimate of drug-likeness (QED) is 0.206. The first-order valence-corrected chi connectivity index (χ1v) is 14.8. The minimum absolute atomic E-state index is 0.378. The summed E-state index contributed by atoms with van der Waals surface area (Å²) in [4.78, 5) is 6.86. The van der Waals surface area contributed by atoms with Crippen LogP contribution in [0.3, 0.4) is 0 Å². The molecule has 0 saturated heterocycles. The van der Waals surface area contributed by atoms with Crippen molar-refractivity contribution in [2.45, 2.75) is 40.5 Å². The summed E-state index contributed by atoms with van der Waals surface area (Å²) in [7, 11) is 0. The minimum Gasteiger partial charge on any atom is -0.506 e. The molecule has 38 heavy (non-hydrogen) atoms. The van der Waals surface area contributed by atoms with Gasteiger partial charge in [-0.25, -0.2) is 4.98 Å². The molecule has 0 atom stereocenters. The average molecular weight is 540 g/mol. The lowest BCUT2D eigenvalue weighted by Gasteiger charge is -2.12. The molecule has 0 aliphatic rings. The first kappa shape index (κ1) is 26.2. The van der Waals surface area contributed by atoms with Crippen LogP contribution in [0.25, 0.3) is 43.4 Å². The SMILES string of the molecule is CC(C)Cc1csc(-c2ccccc2-c2cccc(-c3ccccc3-c3scc(CC(C)C)c3O)n2)c1O. The van der Waals surface area contributed by atoms with Gasteiger partial charge in [0.25, 0.3) is 0 Å². The van der Waals surface area contributed by atoms with Gasteiger partial charge in [0, 0.05) is 33.4 Å². The van der Waals surface area contributed by atoms with Crippen LogP contribution in [0, 0.1) is 11.8 Å². The highest BCUT2D eigenvalue weighted by Gasteiger charge is 2.20. The summed E-state index contributed by atoms with van der Waals surface area (Å²) in [5.41, 5.74) is 7.63. The molecule has 0 saturated carbocycles. The van der Waals surface area contributed by atoms with Gasteiger partial charge in [-0.3, -0.25) is 0 Å². The second kappa shape index (κ2) is 11.1. The maximum absolute atomic E-state index is 11.0. The van der Waals surface area contributed by atoms with Crippen molar-refractivity contribution < 1.29 is 10.2 Å². The number of benzene rings is 2. The van der Waals surface area contributed by atoms with Gasteiger partial charge in [-0.05, 0) is 47.6 Å². The van der Waals surface area contributed by atoms with Crippen LogP contribution in [-0.4, -0.2) is 15.2 Å². The fourth-order valence-corrected chi connectivity index (χ4v) is 6.90. The molecular formula is C33H33NO2S2. The number of thiophene rings is 2. The molecule has 0 aliphatic heterocycles. The maximum atomic E-state index is 11.0. The predicted octanol–water partition coefficient (Wildman–Crippen LogP) is 9.68. The van der Waals surface area contributed by atoms with E-state index in [2.05, 4.69) is 62.7 Å². The van der Waals surface area contributed by atoms with E-state index < -0.39 is 0 Å². The summed E-state index contributed by atoms with van der Waals surface area (Å²) in [6.45, 7) is 8.66. The lowest BCUT2D eigenvalue weighted by Crippen LogP contribution is -1.93. The number of hydrogen-bond donors (Lipinski definition) is 2. The van der Waals surface area contributed by atoms with E-state index in [0.29, 0.717) is 23.3 Å². The molecule has 0 unspecified atom stereocenters. The highest BCUT2D eigenvalue weighted by Crippen LogP contribution is 2.45. The molecule has 5 rings (SSSR count). The first-order chi connectivity index (χ1) is 18.3. The Morgan fingerprint density at radius 1 is 0.579 bits per heavy atom. The molecule has 3 aromatic heterocycles. The molecule has 2 aromatic carbocycles. The van der Waals surface area contributed by atoms with Gasteiger partial charge in [0.1, 0.15) is 11.5 Å². The topological polar surface area (TPSA) is 53.4 Å². The second-order valence-corrected chi connectivity index (χ2v) is 12.3. The van der Waals surface area contributed by atoms with Crippen LogP contribution in [0.4, 0.5) is 0 Å². The van der Waals surface area contributed by atoms with Gasteiger partial charge in [0.15, 0.2) is 0 Å². The van der Waals surface area contributed by atoms with Crippen LogP contribution in [0.1, 0.15) is 38.8 Å². The minimum atomic E-state index is 0.378. The van der Waals surface area contributed by atoms with Crippen LogP contribution in [0.5, 0.6) is 11.5 Å². The normalized spacial score (nSPS) is 11.5. The van der Waals surface area contributed by atoms with Crippen molar-refractivity contribution in [2.24, 2.45) is 11.8 Å². The maximum Gasteiger partial charge on any atom is 0.137 e. The molecular weight excluding hydrogens is 507 g/mol. The molecule has 194 valence electrons. The number of rotatable bonds is 8. The third-order valence-corrected chi connectivity index (χ3v) is 8.68. The summed E-state index contributed by atoms with van der Waals surface area (Å²) in [6, 6.07) is 22.4. The van der Waals surface area contributed by atoms with Crippen molar-refractivity contribution in [3.8, 4) is 54.9 Å². The zero-order valence-electron chi connectivity index (χ0n) is 22.2. The van der Waals surface area contributed by atoms with Crippen LogP contribution in [0.15, 0.2) is 77.5 Å². The zero-order chi connectivity index (χ0) is 26.8. The zero-order valence-corrected chi connectivity index (χ0v) is 23.9. The third kappa shape index (κ3) is 5.27. The predicted molar refractivity (Wildman–Crippen MR) is 162 cm³/mol. The number of aromatic nitrogens is 1. The Balaban J connectivity index is 1.57. The van der Waals surface area contributed by atoms with E-state index in [-0.39, 0.29) is 0 Å². The number of hydrogen-bond acceptors (Lipinski definition) is 5. The van der Waals surface area contributed by atoms with E-state index in [9.17, 15) is 10.2 Å². The highest BCUT2D eigenvalue weighted by molar-refractivity contribution is 7.14. The van der Waals surface area contributed by atoms with Crippen LogP contribution in [-0.2, 0) is 12.8 Å². The fourth-order valence-electron chi connectivity index (χ4n) is 4.87. The van der Waals surface area contributed by atoms with Gasteiger partial charge in [-0.15, -0.1) is 22.7 Å². The van der Waals surface area contributed by atoms with E-state index in [4.69, 9.17) is 4.98 Å².